The van der Waals surface area contributed by atoms with Gasteiger partial charge in [0, 0.05) is 0 Å². The van der Waals surface area contributed by atoms with E-state index in [2.05, 4.69) is 5.92 Å². The van der Waals surface area contributed by atoms with E-state index in [0.29, 0.717) is 11.3 Å². The van der Waals surface area contributed by atoms with Crippen LogP contribution in [0.5, 0.6) is 0 Å². The van der Waals surface area contributed by atoms with Crippen LogP contribution < -0.4 is 0 Å². The van der Waals surface area contributed by atoms with Crippen LogP contribution in [0, 0.1) is 30.6 Å². The third kappa shape index (κ3) is 2.38. The van der Waals surface area contributed by atoms with Crippen LogP contribution in [-0.2, 0) is 0 Å². The number of rotatable bonds is 3. The highest BCUT2D eigenvalue weighted by atomic mass is 16.3. The van der Waals surface area contributed by atoms with E-state index in [9.17, 15) is 4.79 Å². The minimum atomic E-state index is -0.277. The standard InChI is InChI=1S/C11H10N2O2/c1-3-6-13(7-5-12)11(14)10-4-8-15-9(10)2/h1,4,8H,6-7H2,2H3. The fraction of sp³-hybridized carbons (Fsp3) is 0.273. The number of hydrogen-bond donors (Lipinski definition) is 0. The molecule has 1 rings (SSSR count). The Balaban J connectivity index is 2.87. The quantitative estimate of drug-likeness (QED) is 0.546. The normalized spacial score (nSPS) is 9.00. The summed E-state index contributed by atoms with van der Waals surface area (Å²) in [6.07, 6.45) is 6.55. The van der Waals surface area contributed by atoms with Crippen molar-refractivity contribution in [3.63, 3.8) is 0 Å². The lowest BCUT2D eigenvalue weighted by molar-refractivity contribution is 0.0793. The molecule has 4 nitrogen and oxygen atoms in total. The first-order valence-electron chi connectivity index (χ1n) is 4.34. The smallest absolute Gasteiger partial charge is 0.259 e. The first-order valence-corrected chi connectivity index (χ1v) is 4.34. The summed E-state index contributed by atoms with van der Waals surface area (Å²) in [5.74, 6) is 2.59. The zero-order valence-electron chi connectivity index (χ0n) is 8.36. The molecule has 0 atom stereocenters. The molecule has 0 unspecified atom stereocenters. The van der Waals surface area contributed by atoms with Gasteiger partial charge >= 0.3 is 0 Å². The number of nitrogens with zero attached hydrogens (tertiary/aromatic N) is 2. The first kappa shape index (κ1) is 10.9. The van der Waals surface area contributed by atoms with Crippen molar-refractivity contribution in [1.29, 1.82) is 5.26 Å². The molecule has 0 aliphatic heterocycles. The molecule has 0 saturated heterocycles. The summed E-state index contributed by atoms with van der Waals surface area (Å²) in [4.78, 5) is 13.1. The van der Waals surface area contributed by atoms with Gasteiger partial charge in [-0.3, -0.25) is 4.79 Å². The van der Waals surface area contributed by atoms with Crippen LogP contribution in [0.25, 0.3) is 0 Å². The summed E-state index contributed by atoms with van der Waals surface area (Å²) in [6, 6.07) is 3.46. The van der Waals surface area contributed by atoms with Gasteiger partial charge in [-0.05, 0) is 13.0 Å². The lowest BCUT2D eigenvalue weighted by Crippen LogP contribution is -2.31. The van der Waals surface area contributed by atoms with Crippen LogP contribution in [0.4, 0.5) is 0 Å². The molecule has 0 radical (unpaired) electrons. The molecule has 0 bridgehead atoms. The zero-order valence-corrected chi connectivity index (χ0v) is 8.36. The Morgan fingerprint density at radius 1 is 1.67 bits per heavy atom. The van der Waals surface area contributed by atoms with Crippen molar-refractivity contribution in [3.05, 3.63) is 23.7 Å². The van der Waals surface area contributed by atoms with Gasteiger partial charge in [-0.25, -0.2) is 0 Å². The van der Waals surface area contributed by atoms with Gasteiger partial charge in [-0.15, -0.1) is 6.42 Å². The first-order chi connectivity index (χ1) is 7.20. The second-order valence-electron chi connectivity index (χ2n) is 2.91. The van der Waals surface area contributed by atoms with Crippen molar-refractivity contribution in [1.82, 2.24) is 4.90 Å². The third-order valence-electron chi connectivity index (χ3n) is 1.92. The Morgan fingerprint density at radius 2 is 2.40 bits per heavy atom. The highest BCUT2D eigenvalue weighted by Gasteiger charge is 2.17. The second-order valence-corrected chi connectivity index (χ2v) is 2.91. The Kier molecular flexibility index (Phi) is 3.54. The van der Waals surface area contributed by atoms with Crippen LogP contribution in [0.2, 0.25) is 0 Å². The lowest BCUT2D eigenvalue weighted by atomic mass is 10.2. The van der Waals surface area contributed by atoms with E-state index in [1.807, 2.05) is 6.07 Å². The zero-order chi connectivity index (χ0) is 11.3. The van der Waals surface area contributed by atoms with Crippen LogP contribution in [0.15, 0.2) is 16.7 Å². The molecular formula is C11H10N2O2. The molecule has 1 aromatic rings. The average molecular weight is 202 g/mol. The van der Waals surface area contributed by atoms with Gasteiger partial charge in [-0.1, -0.05) is 5.92 Å². The lowest BCUT2D eigenvalue weighted by Gasteiger charge is -2.15. The number of hydrogen-bond acceptors (Lipinski definition) is 3. The van der Waals surface area contributed by atoms with Crippen molar-refractivity contribution in [2.24, 2.45) is 0 Å². The summed E-state index contributed by atoms with van der Waals surface area (Å²) in [5.41, 5.74) is 0.445. The van der Waals surface area contributed by atoms with E-state index in [0.717, 1.165) is 0 Å². The molecule has 4 heteroatoms. The third-order valence-corrected chi connectivity index (χ3v) is 1.92. The van der Waals surface area contributed by atoms with Crippen LogP contribution in [-0.4, -0.2) is 23.9 Å². The Bertz CT molecular complexity index is 418. The van der Waals surface area contributed by atoms with E-state index < -0.39 is 0 Å². The predicted octanol–water partition coefficient (Wildman–Crippen LogP) is 1.19. The number of nitriles is 1. The molecule has 0 fully saturated rings. The summed E-state index contributed by atoms with van der Waals surface area (Å²) in [5, 5.41) is 8.54. The number of carbonyl (C=O) groups excluding carboxylic acids is 1. The van der Waals surface area contributed by atoms with Gasteiger partial charge in [0.1, 0.15) is 12.3 Å². The fourth-order valence-electron chi connectivity index (χ4n) is 1.17. The van der Waals surface area contributed by atoms with Crippen molar-refractivity contribution in [3.8, 4) is 18.4 Å². The summed E-state index contributed by atoms with van der Waals surface area (Å²) in [7, 11) is 0. The van der Waals surface area contributed by atoms with Crippen molar-refractivity contribution in [2.75, 3.05) is 13.1 Å². The number of aryl methyl sites for hydroxylation is 1. The Hall–Kier alpha value is -2.20. The van der Waals surface area contributed by atoms with Crippen LogP contribution >= 0.6 is 0 Å². The summed E-state index contributed by atoms with van der Waals surface area (Å²) < 4.78 is 5.01. The molecule has 0 saturated carbocycles. The number of furan rings is 1. The molecule has 0 aliphatic rings. The average Bonchev–Trinajstić information content (AvgIpc) is 2.63. The molecule has 15 heavy (non-hydrogen) atoms. The Morgan fingerprint density at radius 3 is 2.87 bits per heavy atom. The van der Waals surface area contributed by atoms with Crippen molar-refractivity contribution < 1.29 is 9.21 Å². The van der Waals surface area contributed by atoms with Gasteiger partial charge in [0.2, 0.25) is 0 Å². The monoisotopic (exact) mass is 202 g/mol. The minimum absolute atomic E-state index is 0.0202. The summed E-state index contributed by atoms with van der Waals surface area (Å²) >= 11 is 0. The van der Waals surface area contributed by atoms with E-state index in [1.165, 1.54) is 11.2 Å². The molecule has 0 aromatic carbocycles. The predicted molar refractivity (Wildman–Crippen MR) is 53.8 cm³/mol. The number of amides is 1. The highest BCUT2D eigenvalue weighted by molar-refractivity contribution is 5.95. The van der Waals surface area contributed by atoms with Crippen LogP contribution in [0.3, 0.4) is 0 Å². The van der Waals surface area contributed by atoms with Gasteiger partial charge in [0.05, 0.1) is 24.4 Å². The van der Waals surface area contributed by atoms with Gasteiger partial charge in [0.25, 0.3) is 5.91 Å². The maximum absolute atomic E-state index is 11.8. The van der Waals surface area contributed by atoms with Crippen molar-refractivity contribution in [2.45, 2.75) is 6.92 Å². The van der Waals surface area contributed by atoms with E-state index in [-0.39, 0.29) is 19.0 Å². The maximum Gasteiger partial charge on any atom is 0.259 e. The molecule has 0 aliphatic carbocycles. The second kappa shape index (κ2) is 4.88. The SMILES string of the molecule is C#CCN(CC#N)C(=O)c1ccoc1C. The van der Waals surface area contributed by atoms with Gasteiger partial charge in [-0.2, -0.15) is 5.26 Å². The number of terminal acetylenes is 1. The molecular weight excluding hydrogens is 192 g/mol. The van der Waals surface area contributed by atoms with Crippen molar-refractivity contribution >= 4 is 5.91 Å². The summed E-state index contributed by atoms with van der Waals surface area (Å²) in [6.45, 7) is 1.79. The number of carbonyl (C=O) groups is 1. The van der Waals surface area contributed by atoms with E-state index >= 15 is 0 Å². The Labute approximate surface area is 88.1 Å². The molecule has 1 heterocycles. The molecule has 0 N–H and O–H groups in total. The molecule has 76 valence electrons. The minimum Gasteiger partial charge on any atom is -0.469 e. The maximum atomic E-state index is 11.8. The fourth-order valence-corrected chi connectivity index (χ4v) is 1.17. The van der Waals surface area contributed by atoms with Gasteiger partial charge in [0.15, 0.2) is 0 Å². The highest BCUT2D eigenvalue weighted by Crippen LogP contribution is 2.11. The molecule has 0 spiro atoms. The molecule has 1 amide bonds. The van der Waals surface area contributed by atoms with Gasteiger partial charge < -0.3 is 9.32 Å². The van der Waals surface area contributed by atoms with E-state index in [4.69, 9.17) is 16.1 Å². The topological polar surface area (TPSA) is 57.2 Å². The molecule has 1 aromatic heterocycles. The van der Waals surface area contributed by atoms with E-state index in [1.54, 1.807) is 13.0 Å². The van der Waals surface area contributed by atoms with Crippen LogP contribution in [0.1, 0.15) is 16.1 Å². The largest absolute Gasteiger partial charge is 0.469 e.